The Morgan fingerprint density at radius 3 is 2.67 bits per heavy atom. The quantitative estimate of drug-likeness (QED) is 0.871. The summed E-state index contributed by atoms with van der Waals surface area (Å²) in [4.78, 5) is 12.8. The molecule has 3 nitrogen and oxygen atoms in total. The average molecular weight is 288 g/mol. The van der Waals surface area contributed by atoms with Crippen LogP contribution in [-0.2, 0) is 11.3 Å². The van der Waals surface area contributed by atoms with Crippen LogP contribution in [0.2, 0.25) is 10.0 Å². The Kier molecular flexibility index (Phi) is 4.49. The van der Waals surface area contributed by atoms with E-state index in [1.165, 1.54) is 0 Å². The molecule has 0 radical (unpaired) electrons. The molecule has 5 heteroatoms. The van der Waals surface area contributed by atoms with Gasteiger partial charge in [0.25, 0.3) is 0 Å². The first kappa shape index (κ1) is 13.7. The van der Waals surface area contributed by atoms with Crippen LogP contribution in [-0.4, -0.2) is 28.6 Å². The molecular formula is C13H15Cl2NO2. The van der Waals surface area contributed by atoms with E-state index in [4.69, 9.17) is 28.3 Å². The van der Waals surface area contributed by atoms with Crippen LogP contribution in [0.15, 0.2) is 18.2 Å². The van der Waals surface area contributed by atoms with Crippen LogP contribution in [0.3, 0.4) is 0 Å². The van der Waals surface area contributed by atoms with Gasteiger partial charge in [0, 0.05) is 29.2 Å². The minimum absolute atomic E-state index is 0.168. The van der Waals surface area contributed by atoms with Gasteiger partial charge in [-0.05, 0) is 30.5 Å². The highest BCUT2D eigenvalue weighted by Gasteiger charge is 2.29. The van der Waals surface area contributed by atoms with Gasteiger partial charge in [-0.15, -0.1) is 0 Å². The first-order chi connectivity index (χ1) is 8.56. The van der Waals surface area contributed by atoms with Gasteiger partial charge in [0.1, 0.15) is 0 Å². The Morgan fingerprint density at radius 2 is 2.11 bits per heavy atom. The third kappa shape index (κ3) is 3.87. The van der Waals surface area contributed by atoms with Crippen molar-refractivity contribution in [3.8, 4) is 0 Å². The number of carboxylic acid groups (broad SMARTS) is 1. The van der Waals surface area contributed by atoms with Gasteiger partial charge in [0.2, 0.25) is 0 Å². The predicted octanol–water partition coefficient (Wildman–Crippen LogP) is 3.43. The molecule has 1 aliphatic rings. The lowest BCUT2D eigenvalue weighted by Gasteiger charge is -2.21. The molecule has 1 saturated carbocycles. The van der Waals surface area contributed by atoms with Gasteiger partial charge >= 0.3 is 5.97 Å². The zero-order valence-corrected chi connectivity index (χ0v) is 11.4. The van der Waals surface area contributed by atoms with Crippen LogP contribution < -0.4 is 0 Å². The second-order valence-corrected chi connectivity index (χ2v) is 5.42. The summed E-state index contributed by atoms with van der Waals surface area (Å²) in [6, 6.07) is 5.95. The first-order valence-electron chi connectivity index (χ1n) is 5.96. The van der Waals surface area contributed by atoms with Crippen LogP contribution in [0.5, 0.6) is 0 Å². The average Bonchev–Trinajstić information content (AvgIpc) is 3.10. The third-order valence-corrected chi connectivity index (χ3v) is 3.65. The van der Waals surface area contributed by atoms with Gasteiger partial charge < -0.3 is 5.11 Å². The Labute approximate surface area is 116 Å². The van der Waals surface area contributed by atoms with Crippen LogP contribution in [0, 0.1) is 0 Å². The molecule has 0 atom stereocenters. The molecule has 0 aromatic heterocycles. The molecule has 1 N–H and O–H groups in total. The molecule has 0 saturated heterocycles. The monoisotopic (exact) mass is 287 g/mol. The van der Waals surface area contributed by atoms with Crippen molar-refractivity contribution < 1.29 is 9.90 Å². The van der Waals surface area contributed by atoms with E-state index in [0.717, 1.165) is 18.4 Å². The zero-order valence-electron chi connectivity index (χ0n) is 9.90. The summed E-state index contributed by atoms with van der Waals surface area (Å²) in [5.41, 5.74) is 0.998. The van der Waals surface area contributed by atoms with Gasteiger partial charge in [-0.3, -0.25) is 9.69 Å². The van der Waals surface area contributed by atoms with Gasteiger partial charge in [-0.25, -0.2) is 0 Å². The Bertz CT molecular complexity index is 447. The van der Waals surface area contributed by atoms with E-state index in [1.54, 1.807) is 6.07 Å². The second kappa shape index (κ2) is 5.91. The molecule has 1 aromatic carbocycles. The predicted molar refractivity (Wildman–Crippen MR) is 72.1 cm³/mol. The number of rotatable bonds is 6. The lowest BCUT2D eigenvalue weighted by molar-refractivity contribution is -0.137. The molecule has 0 bridgehead atoms. The van der Waals surface area contributed by atoms with Gasteiger partial charge in [-0.1, -0.05) is 29.3 Å². The van der Waals surface area contributed by atoms with E-state index in [-0.39, 0.29) is 6.42 Å². The smallest absolute Gasteiger partial charge is 0.304 e. The summed E-state index contributed by atoms with van der Waals surface area (Å²) in [6.45, 7) is 1.26. The lowest BCUT2D eigenvalue weighted by Crippen LogP contribution is -2.28. The maximum Gasteiger partial charge on any atom is 0.304 e. The Balaban J connectivity index is 2.01. The molecule has 2 rings (SSSR count). The molecule has 1 aliphatic carbocycles. The minimum atomic E-state index is -0.761. The number of hydrogen-bond acceptors (Lipinski definition) is 2. The summed E-state index contributed by atoms with van der Waals surface area (Å²) in [5.74, 6) is -0.761. The lowest BCUT2D eigenvalue weighted by atomic mass is 10.2. The van der Waals surface area contributed by atoms with Crippen LogP contribution in [0.25, 0.3) is 0 Å². The van der Waals surface area contributed by atoms with Crippen LogP contribution in [0.1, 0.15) is 24.8 Å². The number of carboxylic acids is 1. The maximum absolute atomic E-state index is 10.6. The highest BCUT2D eigenvalue weighted by Crippen LogP contribution is 2.30. The van der Waals surface area contributed by atoms with E-state index in [9.17, 15) is 4.79 Å². The minimum Gasteiger partial charge on any atom is -0.481 e. The number of benzene rings is 1. The molecule has 1 fully saturated rings. The van der Waals surface area contributed by atoms with Crippen molar-refractivity contribution in [3.63, 3.8) is 0 Å². The number of aliphatic carboxylic acids is 1. The molecule has 98 valence electrons. The summed E-state index contributed by atoms with van der Waals surface area (Å²) in [7, 11) is 0. The molecule has 0 amide bonds. The maximum atomic E-state index is 10.6. The van der Waals surface area contributed by atoms with Crippen molar-refractivity contribution in [1.29, 1.82) is 0 Å². The van der Waals surface area contributed by atoms with Crippen molar-refractivity contribution in [2.24, 2.45) is 0 Å². The van der Waals surface area contributed by atoms with Crippen molar-refractivity contribution in [2.75, 3.05) is 6.54 Å². The molecular weight excluding hydrogens is 273 g/mol. The number of halogens is 2. The zero-order chi connectivity index (χ0) is 13.1. The van der Waals surface area contributed by atoms with E-state index >= 15 is 0 Å². The SMILES string of the molecule is O=C(O)CCN(Cc1ccc(Cl)cc1Cl)C1CC1. The normalized spacial score (nSPS) is 15.1. The Morgan fingerprint density at radius 1 is 1.39 bits per heavy atom. The molecule has 0 aliphatic heterocycles. The topological polar surface area (TPSA) is 40.5 Å². The fourth-order valence-electron chi connectivity index (χ4n) is 1.94. The molecule has 18 heavy (non-hydrogen) atoms. The van der Waals surface area contributed by atoms with E-state index in [0.29, 0.717) is 29.2 Å². The van der Waals surface area contributed by atoms with Crippen LogP contribution >= 0.6 is 23.2 Å². The standard InChI is InChI=1S/C13H15Cl2NO2/c14-10-2-1-9(12(15)7-10)8-16(11-3-4-11)6-5-13(17)18/h1-2,7,11H,3-6,8H2,(H,17,18). The molecule has 0 unspecified atom stereocenters. The van der Waals surface area contributed by atoms with Crippen molar-refractivity contribution >= 4 is 29.2 Å². The number of carbonyl (C=O) groups is 1. The van der Waals surface area contributed by atoms with E-state index < -0.39 is 5.97 Å². The van der Waals surface area contributed by atoms with Gasteiger partial charge in [0.15, 0.2) is 0 Å². The van der Waals surface area contributed by atoms with Crippen molar-refractivity contribution in [1.82, 2.24) is 4.90 Å². The number of nitrogens with zero attached hydrogens (tertiary/aromatic N) is 1. The van der Waals surface area contributed by atoms with Gasteiger partial charge in [-0.2, -0.15) is 0 Å². The van der Waals surface area contributed by atoms with E-state index in [1.807, 2.05) is 12.1 Å². The van der Waals surface area contributed by atoms with E-state index in [2.05, 4.69) is 4.90 Å². The summed E-state index contributed by atoms with van der Waals surface area (Å²) < 4.78 is 0. The van der Waals surface area contributed by atoms with Crippen molar-refractivity contribution in [3.05, 3.63) is 33.8 Å². The van der Waals surface area contributed by atoms with Gasteiger partial charge in [0.05, 0.1) is 6.42 Å². The molecule has 1 aromatic rings. The fourth-order valence-corrected chi connectivity index (χ4v) is 2.41. The molecule has 0 heterocycles. The summed E-state index contributed by atoms with van der Waals surface area (Å²) in [6.07, 6.45) is 2.46. The number of hydrogen-bond donors (Lipinski definition) is 1. The highest BCUT2D eigenvalue weighted by molar-refractivity contribution is 6.35. The second-order valence-electron chi connectivity index (χ2n) is 4.58. The summed E-state index contributed by atoms with van der Waals surface area (Å²) in [5, 5.41) is 10.0. The highest BCUT2D eigenvalue weighted by atomic mass is 35.5. The molecule has 0 spiro atoms. The van der Waals surface area contributed by atoms with Crippen molar-refractivity contribution in [2.45, 2.75) is 31.8 Å². The van der Waals surface area contributed by atoms with Crippen LogP contribution in [0.4, 0.5) is 0 Å². The fraction of sp³-hybridized carbons (Fsp3) is 0.462. The third-order valence-electron chi connectivity index (χ3n) is 3.06. The summed E-state index contributed by atoms with van der Waals surface area (Å²) >= 11 is 12.0. The largest absolute Gasteiger partial charge is 0.481 e. The Hall–Kier alpha value is -0.770. The first-order valence-corrected chi connectivity index (χ1v) is 6.71.